The lowest BCUT2D eigenvalue weighted by atomic mass is 10.3. The number of rotatable bonds is 4. The Balaban J connectivity index is 2.50. The van der Waals surface area contributed by atoms with E-state index in [0.717, 1.165) is 10.2 Å². The molecule has 5 N–H and O–H groups in total. The van der Waals surface area contributed by atoms with Gasteiger partial charge in [-0.2, -0.15) is 0 Å². The number of benzene rings is 1. The third-order valence-electron chi connectivity index (χ3n) is 1.73. The summed E-state index contributed by atoms with van der Waals surface area (Å²) >= 11 is 3.43. The highest BCUT2D eigenvalue weighted by molar-refractivity contribution is 9.10. The van der Waals surface area contributed by atoms with Crippen LogP contribution in [0.1, 0.15) is 0 Å². The van der Waals surface area contributed by atoms with Gasteiger partial charge in [-0.1, -0.05) is 12.1 Å². The molecule has 1 aromatic carbocycles. The fourth-order valence-electron chi connectivity index (χ4n) is 0.929. The molecule has 0 amide bonds. The quantitative estimate of drug-likeness (QED) is 0.744. The zero-order valence-corrected chi connectivity index (χ0v) is 8.92. The maximum Gasteiger partial charge on any atom is 0.0485 e. The number of anilines is 1. The number of hydrogen-bond donors (Lipinski definition) is 3. The van der Waals surface area contributed by atoms with Gasteiger partial charge in [0.15, 0.2) is 0 Å². The first-order valence-electron chi connectivity index (χ1n) is 4.18. The second-order valence-electron chi connectivity index (χ2n) is 2.86. The van der Waals surface area contributed by atoms with Crippen molar-refractivity contribution < 1.29 is 0 Å². The normalized spacial score (nSPS) is 12.5. The van der Waals surface area contributed by atoms with Crippen LogP contribution in [0.3, 0.4) is 0 Å². The Labute approximate surface area is 86.6 Å². The summed E-state index contributed by atoms with van der Waals surface area (Å²) in [5, 5.41) is 3.21. The molecule has 0 heterocycles. The number of halogens is 1. The van der Waals surface area contributed by atoms with E-state index in [1.54, 1.807) is 0 Å². The highest BCUT2D eigenvalue weighted by Gasteiger charge is 2.00. The van der Waals surface area contributed by atoms with E-state index in [-0.39, 0.29) is 6.04 Å². The van der Waals surface area contributed by atoms with E-state index in [2.05, 4.69) is 21.2 Å². The Morgan fingerprint density at radius 1 is 1.38 bits per heavy atom. The Kier molecular flexibility index (Phi) is 4.21. The lowest BCUT2D eigenvalue weighted by Crippen LogP contribution is -2.36. The van der Waals surface area contributed by atoms with Crippen molar-refractivity contribution in [2.24, 2.45) is 11.5 Å². The summed E-state index contributed by atoms with van der Waals surface area (Å²) in [6, 6.07) is 7.93. The standard InChI is InChI=1S/C9H14BrN3/c10-8-3-1-2-4-9(8)13-6-7(12)5-11/h1-4,7,13H,5-6,11-12H2. The van der Waals surface area contributed by atoms with Crippen LogP contribution in [-0.4, -0.2) is 19.1 Å². The maximum atomic E-state index is 5.67. The summed E-state index contributed by atoms with van der Waals surface area (Å²) < 4.78 is 1.04. The van der Waals surface area contributed by atoms with Crippen molar-refractivity contribution in [2.45, 2.75) is 6.04 Å². The average Bonchev–Trinajstić information content (AvgIpc) is 2.16. The molecule has 0 aliphatic rings. The molecule has 1 unspecified atom stereocenters. The largest absolute Gasteiger partial charge is 0.383 e. The average molecular weight is 244 g/mol. The van der Waals surface area contributed by atoms with Crippen LogP contribution in [0.2, 0.25) is 0 Å². The third kappa shape index (κ3) is 3.34. The molecule has 4 heteroatoms. The van der Waals surface area contributed by atoms with Crippen molar-refractivity contribution in [2.75, 3.05) is 18.4 Å². The molecule has 0 aliphatic heterocycles. The molecule has 0 fully saturated rings. The van der Waals surface area contributed by atoms with Crippen molar-refractivity contribution in [1.82, 2.24) is 0 Å². The van der Waals surface area contributed by atoms with Crippen molar-refractivity contribution in [3.63, 3.8) is 0 Å². The smallest absolute Gasteiger partial charge is 0.0485 e. The first-order valence-corrected chi connectivity index (χ1v) is 4.97. The van der Waals surface area contributed by atoms with E-state index in [1.165, 1.54) is 0 Å². The lowest BCUT2D eigenvalue weighted by molar-refractivity contribution is 0.713. The van der Waals surface area contributed by atoms with Gasteiger partial charge in [-0.25, -0.2) is 0 Å². The number of hydrogen-bond acceptors (Lipinski definition) is 3. The van der Waals surface area contributed by atoms with E-state index in [0.29, 0.717) is 13.1 Å². The van der Waals surface area contributed by atoms with Gasteiger partial charge >= 0.3 is 0 Å². The molecule has 0 spiro atoms. The molecule has 1 atom stereocenters. The van der Waals surface area contributed by atoms with Crippen molar-refractivity contribution >= 4 is 21.6 Å². The highest BCUT2D eigenvalue weighted by atomic mass is 79.9. The molecule has 1 aromatic rings. The van der Waals surface area contributed by atoms with Crippen LogP contribution in [0.15, 0.2) is 28.7 Å². The Hall–Kier alpha value is -0.580. The van der Waals surface area contributed by atoms with E-state index in [1.807, 2.05) is 24.3 Å². The van der Waals surface area contributed by atoms with Crippen LogP contribution in [0, 0.1) is 0 Å². The highest BCUT2D eigenvalue weighted by Crippen LogP contribution is 2.20. The van der Waals surface area contributed by atoms with Crippen LogP contribution in [0.25, 0.3) is 0 Å². The molecule has 1 rings (SSSR count). The van der Waals surface area contributed by atoms with Gasteiger partial charge in [0.25, 0.3) is 0 Å². The second kappa shape index (κ2) is 5.21. The van der Waals surface area contributed by atoms with E-state index in [9.17, 15) is 0 Å². The summed E-state index contributed by atoms with van der Waals surface area (Å²) in [4.78, 5) is 0. The Bertz CT molecular complexity index is 265. The lowest BCUT2D eigenvalue weighted by Gasteiger charge is -2.12. The molecule has 0 radical (unpaired) electrons. The minimum Gasteiger partial charge on any atom is -0.383 e. The molecule has 0 aromatic heterocycles. The van der Waals surface area contributed by atoms with E-state index in [4.69, 9.17) is 11.5 Å². The van der Waals surface area contributed by atoms with Gasteiger partial charge in [0, 0.05) is 29.3 Å². The molecule has 0 saturated heterocycles. The van der Waals surface area contributed by atoms with Crippen molar-refractivity contribution in [3.8, 4) is 0 Å². The summed E-state index contributed by atoms with van der Waals surface area (Å²) in [7, 11) is 0. The van der Waals surface area contributed by atoms with Gasteiger partial charge in [0.2, 0.25) is 0 Å². The molecule has 0 saturated carbocycles. The molecule has 0 bridgehead atoms. The number of para-hydroxylation sites is 1. The summed E-state index contributed by atoms with van der Waals surface area (Å²) in [5.74, 6) is 0. The summed E-state index contributed by atoms with van der Waals surface area (Å²) in [6.45, 7) is 1.19. The van der Waals surface area contributed by atoms with Crippen LogP contribution in [0.5, 0.6) is 0 Å². The first-order chi connectivity index (χ1) is 6.24. The molecular formula is C9H14BrN3. The SMILES string of the molecule is NCC(N)CNc1ccccc1Br. The zero-order valence-electron chi connectivity index (χ0n) is 7.33. The Morgan fingerprint density at radius 2 is 2.08 bits per heavy atom. The van der Waals surface area contributed by atoms with Crippen LogP contribution in [-0.2, 0) is 0 Å². The van der Waals surface area contributed by atoms with E-state index >= 15 is 0 Å². The third-order valence-corrected chi connectivity index (χ3v) is 2.42. The summed E-state index contributed by atoms with van der Waals surface area (Å²) in [6.07, 6.45) is 0. The minimum absolute atomic E-state index is 0.00658. The monoisotopic (exact) mass is 243 g/mol. The molecule has 3 nitrogen and oxygen atoms in total. The van der Waals surface area contributed by atoms with Gasteiger partial charge in [-0.3, -0.25) is 0 Å². The minimum atomic E-state index is 0.00658. The van der Waals surface area contributed by atoms with Crippen LogP contribution < -0.4 is 16.8 Å². The van der Waals surface area contributed by atoms with Gasteiger partial charge in [0.05, 0.1) is 0 Å². The van der Waals surface area contributed by atoms with Gasteiger partial charge in [-0.15, -0.1) is 0 Å². The second-order valence-corrected chi connectivity index (χ2v) is 3.71. The predicted molar refractivity (Wildman–Crippen MR) is 59.7 cm³/mol. The fraction of sp³-hybridized carbons (Fsp3) is 0.333. The van der Waals surface area contributed by atoms with Gasteiger partial charge in [-0.05, 0) is 28.1 Å². The Morgan fingerprint density at radius 3 is 2.69 bits per heavy atom. The van der Waals surface area contributed by atoms with Gasteiger partial charge < -0.3 is 16.8 Å². The van der Waals surface area contributed by atoms with Gasteiger partial charge in [0.1, 0.15) is 0 Å². The van der Waals surface area contributed by atoms with Crippen molar-refractivity contribution in [1.29, 1.82) is 0 Å². The van der Waals surface area contributed by atoms with Crippen molar-refractivity contribution in [3.05, 3.63) is 28.7 Å². The summed E-state index contributed by atoms with van der Waals surface area (Å²) in [5.41, 5.74) is 12.1. The molecule has 13 heavy (non-hydrogen) atoms. The topological polar surface area (TPSA) is 64.1 Å². The maximum absolute atomic E-state index is 5.67. The van der Waals surface area contributed by atoms with Crippen LogP contribution >= 0.6 is 15.9 Å². The fourth-order valence-corrected chi connectivity index (χ4v) is 1.35. The van der Waals surface area contributed by atoms with Crippen LogP contribution in [0.4, 0.5) is 5.69 Å². The number of nitrogens with two attached hydrogens (primary N) is 2. The number of nitrogens with one attached hydrogen (secondary N) is 1. The zero-order chi connectivity index (χ0) is 9.68. The molecule has 72 valence electrons. The van der Waals surface area contributed by atoms with E-state index < -0.39 is 0 Å². The molecular weight excluding hydrogens is 230 g/mol. The predicted octanol–water partition coefficient (Wildman–Crippen LogP) is 1.15. The molecule has 0 aliphatic carbocycles. The first kappa shape index (κ1) is 10.5.